The molecule has 1 amide bonds. The van der Waals surface area contributed by atoms with Crippen molar-refractivity contribution in [3.63, 3.8) is 0 Å². The summed E-state index contributed by atoms with van der Waals surface area (Å²) in [7, 11) is 0. The summed E-state index contributed by atoms with van der Waals surface area (Å²) in [6, 6.07) is 4.21. The monoisotopic (exact) mass is 267 g/mol. The van der Waals surface area contributed by atoms with Crippen LogP contribution >= 0.6 is 0 Å². The van der Waals surface area contributed by atoms with Gasteiger partial charge in [0, 0.05) is 24.6 Å². The maximum atomic E-state index is 13.1. The van der Waals surface area contributed by atoms with Gasteiger partial charge in [0.2, 0.25) is 0 Å². The Morgan fingerprint density at radius 1 is 1.63 bits per heavy atom. The minimum absolute atomic E-state index is 0.0374. The maximum Gasteiger partial charge on any atom is 0.261 e. The minimum atomic E-state index is -0.607. The quantitative estimate of drug-likeness (QED) is 0.848. The topological polar surface area (TPSA) is 58.6 Å². The molecule has 0 aromatic heterocycles. The van der Waals surface area contributed by atoms with E-state index in [4.69, 9.17) is 9.84 Å². The summed E-state index contributed by atoms with van der Waals surface area (Å²) in [5.74, 6) is 0.0313. The molecule has 1 aliphatic rings. The van der Waals surface area contributed by atoms with Crippen LogP contribution < -0.4 is 10.1 Å². The van der Waals surface area contributed by atoms with Crippen molar-refractivity contribution >= 4 is 5.91 Å². The van der Waals surface area contributed by atoms with E-state index in [9.17, 15) is 9.18 Å². The van der Waals surface area contributed by atoms with E-state index in [2.05, 4.69) is 5.32 Å². The number of hydrogen-bond acceptors (Lipinski definition) is 3. The van der Waals surface area contributed by atoms with Crippen molar-refractivity contribution in [3.8, 4) is 5.75 Å². The number of amides is 1. The van der Waals surface area contributed by atoms with E-state index in [0.29, 0.717) is 18.6 Å². The van der Waals surface area contributed by atoms with Crippen LogP contribution in [0, 0.1) is 5.82 Å². The fourth-order valence-corrected chi connectivity index (χ4v) is 2.19. The van der Waals surface area contributed by atoms with Gasteiger partial charge < -0.3 is 15.2 Å². The lowest BCUT2D eigenvalue weighted by molar-refractivity contribution is -0.128. The van der Waals surface area contributed by atoms with Gasteiger partial charge in [0.1, 0.15) is 11.6 Å². The fraction of sp³-hybridized carbons (Fsp3) is 0.500. The number of carbonyl (C=O) groups is 1. The molecule has 1 aromatic carbocycles. The number of halogens is 1. The first-order valence-electron chi connectivity index (χ1n) is 6.50. The number of aliphatic hydroxyl groups excluding tert-OH is 1. The third-order valence-corrected chi connectivity index (χ3v) is 3.31. The molecular formula is C14H18FNO3. The molecule has 0 bridgehead atoms. The van der Waals surface area contributed by atoms with Crippen LogP contribution in [0.25, 0.3) is 0 Å². The molecule has 2 unspecified atom stereocenters. The zero-order valence-corrected chi connectivity index (χ0v) is 10.9. The van der Waals surface area contributed by atoms with E-state index >= 15 is 0 Å². The van der Waals surface area contributed by atoms with Gasteiger partial charge in [-0.15, -0.1) is 0 Å². The highest BCUT2D eigenvalue weighted by molar-refractivity contribution is 5.82. The highest BCUT2D eigenvalue weighted by atomic mass is 19.1. The number of carbonyl (C=O) groups excluding carboxylic acids is 1. The average Bonchev–Trinajstić information content (AvgIpc) is 2.81. The predicted molar refractivity (Wildman–Crippen MR) is 68.4 cm³/mol. The summed E-state index contributed by atoms with van der Waals surface area (Å²) in [6.07, 6.45) is 1.05. The van der Waals surface area contributed by atoms with Crippen LogP contribution in [0.15, 0.2) is 18.2 Å². The molecule has 1 heterocycles. The van der Waals surface area contributed by atoms with E-state index in [1.54, 1.807) is 6.07 Å². The summed E-state index contributed by atoms with van der Waals surface area (Å²) in [4.78, 5) is 12.0. The Bertz CT molecular complexity index is 464. The van der Waals surface area contributed by atoms with Gasteiger partial charge in [-0.25, -0.2) is 4.39 Å². The van der Waals surface area contributed by atoms with Crippen LogP contribution in [0.1, 0.15) is 25.3 Å². The molecule has 2 atom stereocenters. The summed E-state index contributed by atoms with van der Waals surface area (Å²) >= 11 is 0. The highest BCUT2D eigenvalue weighted by Gasteiger charge is 2.30. The standard InChI is InChI=1S/C14H18FNO3/c1-2-11(5-6-17)16-14(18)13-8-9-7-10(15)3-4-12(9)19-13/h3-4,7,11,13,17H,2,5-6,8H2,1H3,(H,16,18). The van der Waals surface area contributed by atoms with Crippen molar-refractivity contribution in [1.82, 2.24) is 5.32 Å². The van der Waals surface area contributed by atoms with Gasteiger partial charge in [0.15, 0.2) is 6.10 Å². The Morgan fingerprint density at radius 2 is 2.42 bits per heavy atom. The minimum Gasteiger partial charge on any atom is -0.480 e. The third kappa shape index (κ3) is 3.23. The number of fused-ring (bicyclic) bond motifs is 1. The Balaban J connectivity index is 1.96. The van der Waals surface area contributed by atoms with Gasteiger partial charge >= 0.3 is 0 Å². The molecule has 2 rings (SSSR count). The zero-order valence-electron chi connectivity index (χ0n) is 10.9. The van der Waals surface area contributed by atoms with Crippen LogP contribution in [0.2, 0.25) is 0 Å². The van der Waals surface area contributed by atoms with Gasteiger partial charge in [-0.1, -0.05) is 6.92 Å². The Labute approximate surface area is 111 Å². The van der Waals surface area contributed by atoms with Crippen molar-refractivity contribution < 1.29 is 19.0 Å². The molecule has 0 aliphatic carbocycles. The Kier molecular flexibility index (Phi) is 4.37. The summed E-state index contributed by atoms with van der Waals surface area (Å²) < 4.78 is 18.6. The summed E-state index contributed by atoms with van der Waals surface area (Å²) in [5.41, 5.74) is 0.718. The lowest BCUT2D eigenvalue weighted by atomic mass is 10.1. The van der Waals surface area contributed by atoms with Gasteiger partial charge in [-0.3, -0.25) is 4.79 Å². The molecule has 19 heavy (non-hydrogen) atoms. The Morgan fingerprint density at radius 3 is 3.11 bits per heavy atom. The summed E-state index contributed by atoms with van der Waals surface area (Å²) in [5, 5.41) is 11.7. The number of aliphatic hydroxyl groups is 1. The van der Waals surface area contributed by atoms with E-state index in [1.165, 1.54) is 12.1 Å². The second-order valence-electron chi connectivity index (χ2n) is 4.69. The molecule has 2 N–H and O–H groups in total. The highest BCUT2D eigenvalue weighted by Crippen LogP contribution is 2.29. The van der Waals surface area contributed by atoms with Crippen LogP contribution in [0.4, 0.5) is 4.39 Å². The molecule has 4 nitrogen and oxygen atoms in total. The smallest absolute Gasteiger partial charge is 0.261 e. The molecule has 0 saturated heterocycles. The second kappa shape index (κ2) is 6.02. The van der Waals surface area contributed by atoms with Gasteiger partial charge in [-0.05, 0) is 31.0 Å². The molecule has 0 radical (unpaired) electrons. The maximum absolute atomic E-state index is 13.1. The molecule has 5 heteroatoms. The number of rotatable bonds is 5. The lowest BCUT2D eigenvalue weighted by Crippen LogP contribution is -2.43. The normalized spacial score (nSPS) is 18.6. The molecule has 0 fully saturated rings. The fourth-order valence-electron chi connectivity index (χ4n) is 2.19. The third-order valence-electron chi connectivity index (χ3n) is 3.31. The van der Waals surface area contributed by atoms with Crippen molar-refractivity contribution in [2.45, 2.75) is 38.3 Å². The predicted octanol–water partition coefficient (Wildman–Crippen LogP) is 1.41. The molecule has 0 saturated carbocycles. The van der Waals surface area contributed by atoms with Crippen molar-refractivity contribution in [1.29, 1.82) is 0 Å². The summed E-state index contributed by atoms with van der Waals surface area (Å²) in [6.45, 7) is 1.98. The van der Waals surface area contributed by atoms with Crippen LogP contribution in [-0.4, -0.2) is 29.8 Å². The van der Waals surface area contributed by atoms with Crippen LogP contribution in [0.3, 0.4) is 0 Å². The van der Waals surface area contributed by atoms with E-state index in [1.807, 2.05) is 6.92 Å². The van der Waals surface area contributed by atoms with Crippen LogP contribution in [-0.2, 0) is 11.2 Å². The first-order valence-corrected chi connectivity index (χ1v) is 6.50. The van der Waals surface area contributed by atoms with Crippen molar-refractivity contribution in [3.05, 3.63) is 29.6 Å². The number of ether oxygens (including phenoxy) is 1. The van der Waals surface area contributed by atoms with Crippen LogP contribution in [0.5, 0.6) is 5.75 Å². The molecule has 104 valence electrons. The zero-order chi connectivity index (χ0) is 13.8. The first-order chi connectivity index (χ1) is 9.13. The average molecular weight is 267 g/mol. The molecular weight excluding hydrogens is 249 g/mol. The van der Waals surface area contributed by atoms with E-state index < -0.39 is 6.10 Å². The van der Waals surface area contributed by atoms with Crippen molar-refractivity contribution in [2.24, 2.45) is 0 Å². The number of nitrogens with one attached hydrogen (secondary N) is 1. The van der Waals surface area contributed by atoms with E-state index in [-0.39, 0.29) is 24.4 Å². The molecule has 0 spiro atoms. The lowest BCUT2D eigenvalue weighted by Gasteiger charge is -2.18. The van der Waals surface area contributed by atoms with E-state index in [0.717, 1.165) is 12.0 Å². The molecule has 1 aliphatic heterocycles. The second-order valence-corrected chi connectivity index (χ2v) is 4.69. The van der Waals surface area contributed by atoms with Gasteiger partial charge in [-0.2, -0.15) is 0 Å². The number of hydrogen-bond donors (Lipinski definition) is 2. The number of benzene rings is 1. The SMILES string of the molecule is CCC(CCO)NC(=O)C1Cc2cc(F)ccc2O1. The molecule has 1 aromatic rings. The first kappa shape index (κ1) is 13.8. The van der Waals surface area contributed by atoms with Gasteiger partial charge in [0.05, 0.1) is 0 Å². The van der Waals surface area contributed by atoms with Crippen molar-refractivity contribution in [2.75, 3.05) is 6.61 Å². The van der Waals surface area contributed by atoms with Gasteiger partial charge in [0.25, 0.3) is 5.91 Å². The Hall–Kier alpha value is -1.62. The largest absolute Gasteiger partial charge is 0.480 e.